The van der Waals surface area contributed by atoms with Gasteiger partial charge < -0.3 is 14.4 Å². The molecule has 1 saturated heterocycles. The van der Waals surface area contributed by atoms with E-state index in [-0.39, 0.29) is 18.7 Å². The van der Waals surface area contributed by atoms with Crippen LogP contribution in [0, 0.1) is 0 Å². The number of hydrogen-bond acceptors (Lipinski definition) is 3. The highest BCUT2D eigenvalue weighted by Gasteiger charge is 2.28. The van der Waals surface area contributed by atoms with Crippen LogP contribution < -0.4 is 9.47 Å². The van der Waals surface area contributed by atoms with Gasteiger partial charge in [-0.25, -0.2) is 0 Å². The molecule has 2 aromatic carbocycles. The Morgan fingerprint density at radius 3 is 2.76 bits per heavy atom. The van der Waals surface area contributed by atoms with Crippen molar-refractivity contribution in [2.45, 2.75) is 18.9 Å². The summed E-state index contributed by atoms with van der Waals surface area (Å²) in [7, 11) is 0. The minimum Gasteiger partial charge on any atom is -0.454 e. The van der Waals surface area contributed by atoms with Crippen LogP contribution in [-0.2, 0) is 4.79 Å². The van der Waals surface area contributed by atoms with E-state index in [9.17, 15) is 4.79 Å². The van der Waals surface area contributed by atoms with Crippen molar-refractivity contribution in [3.05, 3.63) is 64.7 Å². The van der Waals surface area contributed by atoms with Gasteiger partial charge in [0.2, 0.25) is 12.7 Å². The molecule has 0 aromatic heterocycles. The standard InChI is InChI=1S/C20H18ClNO3/c21-16-7-5-15(6-8-16)17-2-1-11-22(17)20(23)10-4-14-3-9-18-19(12-14)25-13-24-18/h3-10,12,17H,1-2,11,13H2/b10-4+/t17-/m0/s1. The highest BCUT2D eigenvalue weighted by atomic mass is 35.5. The van der Waals surface area contributed by atoms with Gasteiger partial charge in [-0.05, 0) is 54.3 Å². The first kappa shape index (κ1) is 16.0. The van der Waals surface area contributed by atoms with Crippen LogP contribution in [0.1, 0.15) is 30.0 Å². The molecule has 0 unspecified atom stereocenters. The SMILES string of the molecule is O=C(/C=C/c1ccc2c(c1)OCO2)N1CCC[C@H]1c1ccc(Cl)cc1. The maximum absolute atomic E-state index is 12.7. The minimum atomic E-state index is 0.0233. The van der Waals surface area contributed by atoms with Crippen molar-refractivity contribution in [1.82, 2.24) is 4.90 Å². The lowest BCUT2D eigenvalue weighted by atomic mass is 10.0. The van der Waals surface area contributed by atoms with Gasteiger partial charge in [-0.3, -0.25) is 4.79 Å². The Morgan fingerprint density at radius 2 is 1.92 bits per heavy atom. The molecule has 0 aliphatic carbocycles. The van der Waals surface area contributed by atoms with Gasteiger partial charge in [0.1, 0.15) is 0 Å². The van der Waals surface area contributed by atoms with E-state index >= 15 is 0 Å². The van der Waals surface area contributed by atoms with Crippen molar-refractivity contribution in [3.8, 4) is 11.5 Å². The van der Waals surface area contributed by atoms with Crippen LogP contribution in [-0.4, -0.2) is 24.1 Å². The molecule has 1 atom stereocenters. The first-order chi connectivity index (χ1) is 12.2. The molecule has 25 heavy (non-hydrogen) atoms. The fourth-order valence-electron chi connectivity index (χ4n) is 3.34. The number of benzene rings is 2. The first-order valence-corrected chi connectivity index (χ1v) is 8.72. The molecule has 4 nitrogen and oxygen atoms in total. The second-order valence-electron chi connectivity index (χ2n) is 6.19. The molecule has 0 spiro atoms. The van der Waals surface area contributed by atoms with Crippen molar-refractivity contribution in [2.75, 3.05) is 13.3 Å². The Balaban J connectivity index is 1.49. The molecule has 0 N–H and O–H groups in total. The van der Waals surface area contributed by atoms with E-state index in [1.165, 1.54) is 0 Å². The summed E-state index contributed by atoms with van der Waals surface area (Å²) < 4.78 is 10.7. The molecule has 1 fully saturated rings. The van der Waals surface area contributed by atoms with Gasteiger partial charge in [-0.15, -0.1) is 0 Å². The monoisotopic (exact) mass is 355 g/mol. The molecular weight excluding hydrogens is 338 g/mol. The van der Waals surface area contributed by atoms with Crippen molar-refractivity contribution in [3.63, 3.8) is 0 Å². The number of fused-ring (bicyclic) bond motifs is 1. The molecule has 2 aromatic rings. The average molecular weight is 356 g/mol. The summed E-state index contributed by atoms with van der Waals surface area (Å²) in [6.07, 6.45) is 5.44. The van der Waals surface area contributed by atoms with E-state index in [1.807, 2.05) is 53.4 Å². The molecule has 0 saturated carbocycles. The summed E-state index contributed by atoms with van der Waals surface area (Å²) in [4.78, 5) is 14.6. The zero-order valence-electron chi connectivity index (χ0n) is 13.7. The van der Waals surface area contributed by atoms with Crippen molar-refractivity contribution >= 4 is 23.6 Å². The third-order valence-corrected chi connectivity index (χ3v) is 4.86. The summed E-state index contributed by atoms with van der Waals surface area (Å²) in [5.74, 6) is 1.48. The Kier molecular flexibility index (Phi) is 4.36. The van der Waals surface area contributed by atoms with Crippen LogP contribution in [0.15, 0.2) is 48.5 Å². The van der Waals surface area contributed by atoms with E-state index in [2.05, 4.69) is 0 Å². The van der Waals surface area contributed by atoms with Gasteiger partial charge in [-0.1, -0.05) is 29.8 Å². The maximum Gasteiger partial charge on any atom is 0.247 e. The Hall–Kier alpha value is -2.46. The van der Waals surface area contributed by atoms with E-state index in [1.54, 1.807) is 6.08 Å². The fourth-order valence-corrected chi connectivity index (χ4v) is 3.47. The van der Waals surface area contributed by atoms with Crippen LogP contribution in [0.25, 0.3) is 6.08 Å². The van der Waals surface area contributed by atoms with Crippen LogP contribution in [0.5, 0.6) is 11.5 Å². The summed E-state index contributed by atoms with van der Waals surface area (Å²) in [5.41, 5.74) is 2.05. The molecule has 128 valence electrons. The normalized spacial score (nSPS) is 18.9. The van der Waals surface area contributed by atoms with Crippen LogP contribution in [0.4, 0.5) is 0 Å². The third-order valence-electron chi connectivity index (χ3n) is 4.61. The number of halogens is 1. The van der Waals surface area contributed by atoms with E-state index in [0.717, 1.165) is 42.0 Å². The number of carbonyl (C=O) groups is 1. The molecular formula is C20H18ClNO3. The number of hydrogen-bond donors (Lipinski definition) is 0. The number of likely N-dealkylation sites (tertiary alicyclic amines) is 1. The minimum absolute atomic E-state index is 0.0233. The predicted molar refractivity (Wildman–Crippen MR) is 96.7 cm³/mol. The molecule has 2 aliphatic heterocycles. The molecule has 5 heteroatoms. The van der Waals surface area contributed by atoms with E-state index in [4.69, 9.17) is 21.1 Å². The van der Waals surface area contributed by atoms with Gasteiger partial charge >= 0.3 is 0 Å². The van der Waals surface area contributed by atoms with Crippen LogP contribution >= 0.6 is 11.6 Å². The second-order valence-corrected chi connectivity index (χ2v) is 6.62. The summed E-state index contributed by atoms with van der Waals surface area (Å²) in [6.45, 7) is 1.02. The van der Waals surface area contributed by atoms with E-state index in [0.29, 0.717) is 5.02 Å². The smallest absolute Gasteiger partial charge is 0.247 e. The maximum atomic E-state index is 12.7. The fraction of sp³-hybridized carbons (Fsp3) is 0.250. The lowest BCUT2D eigenvalue weighted by Gasteiger charge is -2.24. The Morgan fingerprint density at radius 1 is 1.12 bits per heavy atom. The molecule has 4 rings (SSSR count). The number of rotatable bonds is 3. The first-order valence-electron chi connectivity index (χ1n) is 8.34. The summed E-state index contributed by atoms with van der Waals surface area (Å²) >= 11 is 5.96. The summed E-state index contributed by atoms with van der Waals surface area (Å²) in [5, 5.41) is 0.710. The van der Waals surface area contributed by atoms with Crippen LogP contribution in [0.3, 0.4) is 0 Å². The number of nitrogens with zero attached hydrogens (tertiary/aromatic N) is 1. The highest BCUT2D eigenvalue weighted by molar-refractivity contribution is 6.30. The Bertz CT molecular complexity index is 816. The molecule has 2 heterocycles. The lowest BCUT2D eigenvalue weighted by molar-refractivity contribution is -0.126. The number of ether oxygens (including phenoxy) is 2. The third kappa shape index (κ3) is 3.35. The largest absolute Gasteiger partial charge is 0.454 e. The lowest BCUT2D eigenvalue weighted by Crippen LogP contribution is -2.28. The van der Waals surface area contributed by atoms with Crippen molar-refractivity contribution < 1.29 is 14.3 Å². The number of amides is 1. The van der Waals surface area contributed by atoms with Crippen molar-refractivity contribution in [2.24, 2.45) is 0 Å². The molecule has 0 bridgehead atoms. The summed E-state index contributed by atoms with van der Waals surface area (Å²) in [6, 6.07) is 13.5. The average Bonchev–Trinajstić information content (AvgIpc) is 3.29. The zero-order valence-corrected chi connectivity index (χ0v) is 14.4. The van der Waals surface area contributed by atoms with Gasteiger partial charge in [0, 0.05) is 17.6 Å². The molecule has 0 radical (unpaired) electrons. The topological polar surface area (TPSA) is 38.8 Å². The quantitative estimate of drug-likeness (QED) is 0.764. The second kappa shape index (κ2) is 6.81. The molecule has 2 aliphatic rings. The Labute approximate surface area is 151 Å². The van der Waals surface area contributed by atoms with Crippen LogP contribution in [0.2, 0.25) is 5.02 Å². The number of carbonyl (C=O) groups excluding carboxylic acids is 1. The van der Waals surface area contributed by atoms with Crippen molar-refractivity contribution in [1.29, 1.82) is 0 Å². The van der Waals surface area contributed by atoms with Gasteiger partial charge in [0.15, 0.2) is 11.5 Å². The predicted octanol–water partition coefficient (Wildman–Crippen LogP) is 4.45. The van der Waals surface area contributed by atoms with E-state index < -0.39 is 0 Å². The zero-order chi connectivity index (χ0) is 17.2. The highest BCUT2D eigenvalue weighted by Crippen LogP contribution is 2.34. The van der Waals surface area contributed by atoms with Gasteiger partial charge in [0.25, 0.3) is 0 Å². The van der Waals surface area contributed by atoms with Gasteiger partial charge in [-0.2, -0.15) is 0 Å². The molecule has 1 amide bonds. The van der Waals surface area contributed by atoms with Gasteiger partial charge in [0.05, 0.1) is 6.04 Å².